The molecule has 1 rings (SSSR count). The second-order valence-electron chi connectivity index (χ2n) is 5.15. The van der Waals surface area contributed by atoms with E-state index in [9.17, 15) is 8.42 Å². The summed E-state index contributed by atoms with van der Waals surface area (Å²) in [6.07, 6.45) is 4.50. The highest BCUT2D eigenvalue weighted by Crippen LogP contribution is 2.25. The molecule has 8 heteroatoms. The zero-order valence-electron chi connectivity index (χ0n) is 13.0. The van der Waals surface area contributed by atoms with Crippen molar-refractivity contribution in [1.82, 2.24) is 15.4 Å². The first-order valence-electron chi connectivity index (χ1n) is 7.57. The van der Waals surface area contributed by atoms with Gasteiger partial charge in [-0.15, -0.1) is 24.0 Å². The lowest BCUT2D eigenvalue weighted by Gasteiger charge is -2.25. The van der Waals surface area contributed by atoms with Gasteiger partial charge in [-0.3, -0.25) is 4.99 Å². The first kappa shape index (κ1) is 20.9. The van der Waals surface area contributed by atoms with Crippen LogP contribution in [0.2, 0.25) is 0 Å². The maximum absolute atomic E-state index is 11.8. The highest BCUT2D eigenvalue weighted by Gasteiger charge is 2.19. The van der Waals surface area contributed by atoms with Gasteiger partial charge >= 0.3 is 0 Å². The van der Waals surface area contributed by atoms with Crippen LogP contribution in [0.1, 0.15) is 39.5 Å². The summed E-state index contributed by atoms with van der Waals surface area (Å²) in [7, 11) is -3.18. The van der Waals surface area contributed by atoms with Crippen LogP contribution in [0.25, 0.3) is 0 Å². The van der Waals surface area contributed by atoms with Crippen LogP contribution in [0.15, 0.2) is 4.99 Å². The Bertz CT molecular complexity index is 397. The van der Waals surface area contributed by atoms with Crippen LogP contribution in [-0.2, 0) is 10.0 Å². The first-order chi connectivity index (χ1) is 9.57. The summed E-state index contributed by atoms with van der Waals surface area (Å²) in [6, 6.07) is 0. The van der Waals surface area contributed by atoms with Crippen LogP contribution < -0.4 is 15.4 Å². The van der Waals surface area contributed by atoms with Crippen LogP contribution >= 0.6 is 24.0 Å². The lowest BCUT2D eigenvalue weighted by atomic mass is 9.86. The average molecular weight is 432 g/mol. The van der Waals surface area contributed by atoms with E-state index in [1.807, 2.05) is 6.92 Å². The van der Waals surface area contributed by atoms with Crippen molar-refractivity contribution in [3.05, 3.63) is 0 Å². The van der Waals surface area contributed by atoms with Crippen molar-refractivity contribution in [2.75, 3.05) is 31.9 Å². The molecule has 3 N–H and O–H groups in total. The molecule has 0 aliphatic heterocycles. The smallest absolute Gasteiger partial charge is 0.213 e. The number of hydrogen-bond donors (Lipinski definition) is 3. The lowest BCUT2D eigenvalue weighted by Crippen LogP contribution is -2.42. The fraction of sp³-hybridized carbons (Fsp3) is 0.923. The topological polar surface area (TPSA) is 82.6 Å². The normalized spacial score (nSPS) is 16.0. The Morgan fingerprint density at radius 1 is 1.24 bits per heavy atom. The zero-order valence-corrected chi connectivity index (χ0v) is 16.2. The maximum Gasteiger partial charge on any atom is 0.213 e. The number of aliphatic imine (C=N–C) groups is 1. The number of nitrogens with one attached hydrogen (secondary N) is 3. The van der Waals surface area contributed by atoms with Crippen LogP contribution in [0.5, 0.6) is 0 Å². The van der Waals surface area contributed by atoms with Crippen molar-refractivity contribution in [3.8, 4) is 0 Å². The molecule has 21 heavy (non-hydrogen) atoms. The van der Waals surface area contributed by atoms with Crippen LogP contribution in [0, 0.1) is 5.92 Å². The third-order valence-electron chi connectivity index (χ3n) is 3.32. The van der Waals surface area contributed by atoms with E-state index in [4.69, 9.17) is 0 Å². The monoisotopic (exact) mass is 432 g/mol. The van der Waals surface area contributed by atoms with Gasteiger partial charge in [-0.1, -0.05) is 13.3 Å². The fourth-order valence-corrected chi connectivity index (χ4v) is 2.89. The average Bonchev–Trinajstić information content (AvgIpc) is 2.33. The van der Waals surface area contributed by atoms with E-state index >= 15 is 0 Å². The minimum atomic E-state index is -3.18. The molecule has 0 aromatic carbocycles. The third-order valence-corrected chi connectivity index (χ3v) is 4.67. The number of guanidine groups is 1. The van der Waals surface area contributed by atoms with Gasteiger partial charge in [0.2, 0.25) is 10.0 Å². The van der Waals surface area contributed by atoms with Gasteiger partial charge < -0.3 is 10.6 Å². The second-order valence-corrected chi connectivity index (χ2v) is 7.08. The van der Waals surface area contributed by atoms with E-state index in [2.05, 4.69) is 27.3 Å². The Kier molecular flexibility index (Phi) is 11.4. The molecule has 0 bridgehead atoms. The predicted octanol–water partition coefficient (Wildman–Crippen LogP) is 1.29. The molecule has 0 saturated heterocycles. The van der Waals surface area contributed by atoms with Gasteiger partial charge in [-0.05, 0) is 32.1 Å². The largest absolute Gasteiger partial charge is 0.357 e. The number of halogens is 1. The Labute approximate surface area is 146 Å². The quantitative estimate of drug-likeness (QED) is 0.291. The van der Waals surface area contributed by atoms with Crippen molar-refractivity contribution in [1.29, 1.82) is 0 Å². The van der Waals surface area contributed by atoms with Gasteiger partial charge in [0, 0.05) is 26.2 Å². The zero-order chi connectivity index (χ0) is 14.8. The van der Waals surface area contributed by atoms with Gasteiger partial charge in [0.1, 0.15) is 0 Å². The number of rotatable bonds is 9. The highest BCUT2D eigenvalue weighted by molar-refractivity contribution is 14.0. The Balaban J connectivity index is 0.00000400. The molecule has 1 fully saturated rings. The van der Waals surface area contributed by atoms with Crippen molar-refractivity contribution < 1.29 is 8.42 Å². The van der Waals surface area contributed by atoms with E-state index in [0.717, 1.165) is 32.4 Å². The molecule has 0 unspecified atom stereocenters. The van der Waals surface area contributed by atoms with Crippen molar-refractivity contribution in [3.63, 3.8) is 0 Å². The van der Waals surface area contributed by atoms with Gasteiger partial charge in [0.25, 0.3) is 0 Å². The van der Waals surface area contributed by atoms with Crippen LogP contribution in [0.4, 0.5) is 0 Å². The van der Waals surface area contributed by atoms with E-state index in [1.54, 1.807) is 0 Å². The molecular formula is C13H29IN4O2S. The van der Waals surface area contributed by atoms with Crippen LogP contribution in [0.3, 0.4) is 0 Å². The molecule has 0 spiro atoms. The molecule has 0 aromatic heterocycles. The Morgan fingerprint density at radius 2 is 1.95 bits per heavy atom. The molecule has 1 aliphatic rings. The molecule has 126 valence electrons. The lowest BCUT2D eigenvalue weighted by molar-refractivity contribution is 0.316. The molecule has 0 radical (unpaired) electrons. The molecule has 0 amide bonds. The SMILES string of the molecule is CCCN=C(NCC)NCCS(=O)(=O)NCC1CCC1.I. The Morgan fingerprint density at radius 3 is 2.48 bits per heavy atom. The number of hydrogen-bond acceptors (Lipinski definition) is 3. The first-order valence-corrected chi connectivity index (χ1v) is 9.22. The standard InChI is InChI=1S/C13H28N4O2S.HI/c1-3-8-15-13(14-4-2)16-9-10-20(18,19)17-11-12-6-5-7-12;/h12,17H,3-11H2,1-2H3,(H2,14,15,16);1H. The van der Waals surface area contributed by atoms with E-state index in [0.29, 0.717) is 25.0 Å². The summed E-state index contributed by atoms with van der Waals surface area (Å²) in [5.74, 6) is 1.31. The third kappa shape index (κ3) is 9.51. The van der Waals surface area contributed by atoms with Crippen molar-refractivity contribution in [2.45, 2.75) is 39.5 Å². The maximum atomic E-state index is 11.8. The summed E-state index contributed by atoms with van der Waals surface area (Å²) in [6.45, 7) is 6.51. The minimum Gasteiger partial charge on any atom is -0.357 e. The molecule has 0 atom stereocenters. The van der Waals surface area contributed by atoms with Gasteiger partial charge in [-0.25, -0.2) is 13.1 Å². The predicted molar refractivity (Wildman–Crippen MR) is 98.8 cm³/mol. The second kappa shape index (κ2) is 11.5. The summed E-state index contributed by atoms with van der Waals surface area (Å²) in [5.41, 5.74) is 0. The molecular weight excluding hydrogens is 403 g/mol. The van der Waals surface area contributed by atoms with Gasteiger partial charge in [-0.2, -0.15) is 0 Å². The molecule has 6 nitrogen and oxygen atoms in total. The van der Waals surface area contributed by atoms with E-state index < -0.39 is 10.0 Å². The highest BCUT2D eigenvalue weighted by atomic mass is 127. The molecule has 0 aromatic rings. The summed E-state index contributed by atoms with van der Waals surface area (Å²) in [5, 5.41) is 6.14. The minimum absolute atomic E-state index is 0. The number of nitrogens with zero attached hydrogens (tertiary/aromatic N) is 1. The molecule has 1 aliphatic carbocycles. The van der Waals surface area contributed by atoms with E-state index in [-0.39, 0.29) is 29.7 Å². The van der Waals surface area contributed by atoms with E-state index in [1.165, 1.54) is 6.42 Å². The van der Waals surface area contributed by atoms with Crippen molar-refractivity contribution >= 4 is 40.0 Å². The summed E-state index contributed by atoms with van der Waals surface area (Å²) >= 11 is 0. The summed E-state index contributed by atoms with van der Waals surface area (Å²) in [4.78, 5) is 4.33. The summed E-state index contributed by atoms with van der Waals surface area (Å²) < 4.78 is 26.3. The van der Waals surface area contributed by atoms with Crippen LogP contribution in [-0.4, -0.2) is 46.3 Å². The van der Waals surface area contributed by atoms with Gasteiger partial charge in [0.15, 0.2) is 5.96 Å². The molecule has 0 heterocycles. The molecule has 1 saturated carbocycles. The Hall–Kier alpha value is -0.0900. The van der Waals surface area contributed by atoms with Crippen molar-refractivity contribution in [2.24, 2.45) is 10.9 Å². The fourth-order valence-electron chi connectivity index (χ4n) is 1.88. The number of sulfonamides is 1. The van der Waals surface area contributed by atoms with Gasteiger partial charge in [0.05, 0.1) is 5.75 Å².